The Morgan fingerprint density at radius 1 is 1.09 bits per heavy atom. The zero-order valence-electron chi connectivity index (χ0n) is 13.1. The number of fused-ring (bicyclic) bond motifs is 1. The number of amides is 1. The topological polar surface area (TPSA) is 49.3 Å². The van der Waals surface area contributed by atoms with E-state index in [1.165, 1.54) is 29.7 Å². The van der Waals surface area contributed by atoms with Crippen LogP contribution in [0.4, 0.5) is 5.82 Å². The first-order valence-corrected chi connectivity index (χ1v) is 9.11. The van der Waals surface area contributed by atoms with Crippen molar-refractivity contribution in [2.75, 3.05) is 31.1 Å². The summed E-state index contributed by atoms with van der Waals surface area (Å²) in [7, 11) is 0. The second-order valence-corrected chi connectivity index (χ2v) is 7.03. The molecule has 0 saturated carbocycles. The SMILES string of the molecule is O=C(c1cccs1)N1CCc2ncnc(N3CCCC3)c2CC1. The third-order valence-corrected chi connectivity index (χ3v) is 5.54. The van der Waals surface area contributed by atoms with E-state index < -0.39 is 0 Å². The van der Waals surface area contributed by atoms with E-state index in [4.69, 9.17) is 0 Å². The average Bonchev–Trinajstić information content (AvgIpc) is 3.24. The maximum atomic E-state index is 12.6. The molecule has 1 amide bonds. The van der Waals surface area contributed by atoms with Crippen LogP contribution in [-0.4, -0.2) is 47.0 Å². The Kier molecular flexibility index (Phi) is 3.99. The fraction of sp³-hybridized carbons (Fsp3) is 0.471. The van der Waals surface area contributed by atoms with E-state index in [-0.39, 0.29) is 5.91 Å². The summed E-state index contributed by atoms with van der Waals surface area (Å²) in [6.07, 6.45) is 5.82. The summed E-state index contributed by atoms with van der Waals surface area (Å²) in [6, 6.07) is 3.84. The summed E-state index contributed by atoms with van der Waals surface area (Å²) >= 11 is 1.51. The molecule has 0 atom stereocenters. The van der Waals surface area contributed by atoms with Gasteiger partial charge >= 0.3 is 0 Å². The first-order chi connectivity index (χ1) is 11.3. The zero-order chi connectivity index (χ0) is 15.6. The van der Waals surface area contributed by atoms with Crippen LogP contribution >= 0.6 is 11.3 Å². The van der Waals surface area contributed by atoms with Crippen LogP contribution in [0.2, 0.25) is 0 Å². The standard InChI is InChI=1S/C17H20N4OS/c22-17(15-4-3-11-23-15)21-9-5-13-14(6-10-21)18-12-19-16(13)20-7-1-2-8-20/h3-4,11-12H,1-2,5-10H2. The highest BCUT2D eigenvalue weighted by Gasteiger charge is 2.25. The van der Waals surface area contributed by atoms with Gasteiger partial charge in [0.1, 0.15) is 12.1 Å². The molecular formula is C17H20N4OS. The Labute approximate surface area is 140 Å². The predicted molar refractivity (Wildman–Crippen MR) is 91.1 cm³/mol. The van der Waals surface area contributed by atoms with Crippen molar-refractivity contribution in [1.29, 1.82) is 0 Å². The number of carbonyl (C=O) groups excluding carboxylic acids is 1. The van der Waals surface area contributed by atoms with Crippen LogP contribution in [0.1, 0.15) is 33.8 Å². The lowest BCUT2D eigenvalue weighted by Crippen LogP contribution is -2.32. The van der Waals surface area contributed by atoms with Gasteiger partial charge in [-0.3, -0.25) is 4.79 Å². The van der Waals surface area contributed by atoms with Gasteiger partial charge in [0.25, 0.3) is 5.91 Å². The number of nitrogens with zero attached hydrogens (tertiary/aromatic N) is 4. The van der Waals surface area contributed by atoms with Gasteiger partial charge in [-0.25, -0.2) is 9.97 Å². The molecule has 0 unspecified atom stereocenters. The fourth-order valence-corrected chi connectivity index (χ4v) is 4.16. The smallest absolute Gasteiger partial charge is 0.263 e. The maximum Gasteiger partial charge on any atom is 0.263 e. The van der Waals surface area contributed by atoms with E-state index >= 15 is 0 Å². The lowest BCUT2D eigenvalue weighted by Gasteiger charge is -2.21. The average molecular weight is 328 g/mol. The third-order valence-electron chi connectivity index (χ3n) is 4.69. The predicted octanol–water partition coefficient (Wildman–Crippen LogP) is 2.38. The Hall–Kier alpha value is -1.95. The quantitative estimate of drug-likeness (QED) is 0.849. The Balaban J connectivity index is 1.56. The lowest BCUT2D eigenvalue weighted by atomic mass is 10.1. The normalized spacial score (nSPS) is 17.9. The molecule has 2 aromatic heterocycles. The molecule has 0 spiro atoms. The van der Waals surface area contributed by atoms with Gasteiger partial charge in [-0.05, 0) is 30.7 Å². The van der Waals surface area contributed by atoms with E-state index in [9.17, 15) is 4.79 Å². The molecule has 5 nitrogen and oxygen atoms in total. The highest BCUT2D eigenvalue weighted by molar-refractivity contribution is 7.12. The van der Waals surface area contributed by atoms with Crippen molar-refractivity contribution in [2.24, 2.45) is 0 Å². The molecule has 6 heteroatoms. The largest absolute Gasteiger partial charge is 0.356 e. The molecule has 0 radical (unpaired) electrons. The molecule has 4 heterocycles. The van der Waals surface area contributed by atoms with Gasteiger partial charge in [0.05, 0.1) is 10.6 Å². The van der Waals surface area contributed by atoms with Gasteiger partial charge in [0.15, 0.2) is 0 Å². The van der Waals surface area contributed by atoms with Crippen LogP contribution in [0.15, 0.2) is 23.8 Å². The molecule has 2 aromatic rings. The summed E-state index contributed by atoms with van der Waals surface area (Å²) in [5.41, 5.74) is 2.36. The van der Waals surface area contributed by atoms with Crippen LogP contribution in [0.3, 0.4) is 0 Å². The number of hydrogen-bond acceptors (Lipinski definition) is 5. The second kappa shape index (κ2) is 6.28. The maximum absolute atomic E-state index is 12.6. The van der Waals surface area contributed by atoms with Crippen LogP contribution in [0.25, 0.3) is 0 Å². The molecule has 1 saturated heterocycles. The monoisotopic (exact) mass is 328 g/mol. The summed E-state index contributed by atoms with van der Waals surface area (Å²) in [5.74, 6) is 1.24. The lowest BCUT2D eigenvalue weighted by molar-refractivity contribution is 0.0768. The molecule has 0 N–H and O–H groups in total. The molecule has 23 heavy (non-hydrogen) atoms. The Morgan fingerprint density at radius 2 is 1.91 bits per heavy atom. The van der Waals surface area contributed by atoms with Crippen molar-refractivity contribution in [3.05, 3.63) is 40.0 Å². The van der Waals surface area contributed by atoms with Crippen LogP contribution in [0.5, 0.6) is 0 Å². The van der Waals surface area contributed by atoms with Crippen LogP contribution < -0.4 is 4.90 Å². The van der Waals surface area contributed by atoms with Crippen molar-refractivity contribution in [1.82, 2.24) is 14.9 Å². The molecule has 2 aliphatic heterocycles. The van der Waals surface area contributed by atoms with Crippen LogP contribution in [0, 0.1) is 0 Å². The first kappa shape index (κ1) is 14.6. The summed E-state index contributed by atoms with van der Waals surface area (Å²) in [6.45, 7) is 3.65. The van der Waals surface area contributed by atoms with E-state index in [0.29, 0.717) is 0 Å². The molecule has 0 aliphatic carbocycles. The van der Waals surface area contributed by atoms with Gasteiger partial charge in [0.2, 0.25) is 0 Å². The molecule has 2 aliphatic rings. The number of aromatic nitrogens is 2. The van der Waals surface area contributed by atoms with Crippen molar-refractivity contribution >= 4 is 23.1 Å². The summed E-state index contributed by atoms with van der Waals surface area (Å²) < 4.78 is 0. The minimum Gasteiger partial charge on any atom is -0.356 e. The highest BCUT2D eigenvalue weighted by atomic mass is 32.1. The Morgan fingerprint density at radius 3 is 2.70 bits per heavy atom. The summed E-state index contributed by atoms with van der Waals surface area (Å²) in [4.78, 5) is 26.8. The number of hydrogen-bond donors (Lipinski definition) is 0. The zero-order valence-corrected chi connectivity index (χ0v) is 13.9. The van der Waals surface area contributed by atoms with Crippen molar-refractivity contribution in [3.8, 4) is 0 Å². The second-order valence-electron chi connectivity index (χ2n) is 6.09. The number of rotatable bonds is 2. The molecule has 120 valence electrons. The van der Waals surface area contributed by atoms with Crippen LogP contribution in [-0.2, 0) is 12.8 Å². The number of thiophene rings is 1. The van der Waals surface area contributed by atoms with E-state index in [2.05, 4.69) is 14.9 Å². The van der Waals surface area contributed by atoms with Crippen molar-refractivity contribution in [3.63, 3.8) is 0 Å². The van der Waals surface area contributed by atoms with Gasteiger partial charge in [-0.1, -0.05) is 6.07 Å². The minimum atomic E-state index is 0.142. The highest BCUT2D eigenvalue weighted by Crippen LogP contribution is 2.27. The van der Waals surface area contributed by atoms with Crippen molar-refractivity contribution in [2.45, 2.75) is 25.7 Å². The molecule has 4 rings (SSSR count). The number of carbonyl (C=O) groups is 1. The fourth-order valence-electron chi connectivity index (χ4n) is 3.47. The Bertz CT molecular complexity index is 695. The summed E-state index contributed by atoms with van der Waals surface area (Å²) in [5, 5.41) is 1.96. The van der Waals surface area contributed by atoms with Gasteiger partial charge in [-0.15, -0.1) is 11.3 Å². The molecular weight excluding hydrogens is 308 g/mol. The van der Waals surface area contributed by atoms with Gasteiger partial charge in [0, 0.05) is 38.2 Å². The van der Waals surface area contributed by atoms with Gasteiger partial charge < -0.3 is 9.80 Å². The minimum absolute atomic E-state index is 0.142. The third kappa shape index (κ3) is 2.83. The van der Waals surface area contributed by atoms with E-state index in [1.54, 1.807) is 6.33 Å². The first-order valence-electron chi connectivity index (χ1n) is 8.23. The van der Waals surface area contributed by atoms with Gasteiger partial charge in [-0.2, -0.15) is 0 Å². The van der Waals surface area contributed by atoms with E-state index in [1.807, 2.05) is 22.4 Å². The molecule has 1 fully saturated rings. The van der Waals surface area contributed by atoms with Crippen molar-refractivity contribution < 1.29 is 4.79 Å². The molecule has 0 bridgehead atoms. The molecule has 0 aromatic carbocycles. The number of anilines is 1. The van der Waals surface area contributed by atoms with E-state index in [0.717, 1.165) is 55.4 Å².